The number of nitrogens with one attached hydrogen (secondary N) is 1. The first-order valence-corrected chi connectivity index (χ1v) is 9.18. The molecule has 0 aliphatic carbocycles. The van der Waals surface area contributed by atoms with Crippen molar-refractivity contribution in [3.05, 3.63) is 12.5 Å². The maximum atomic E-state index is 12.7. The number of rotatable bonds is 3. The number of amides is 2. The third kappa shape index (κ3) is 2.59. The molecule has 0 bridgehead atoms. The Kier molecular flexibility index (Phi) is 4.12. The fraction of sp³-hybridized carbons (Fsp3) is 0.643. The van der Waals surface area contributed by atoms with Gasteiger partial charge in [-0.05, 0) is 12.3 Å². The average molecular weight is 355 g/mol. The number of fused-ring (bicyclic) bond motifs is 1. The zero-order valence-corrected chi connectivity index (χ0v) is 14.7. The van der Waals surface area contributed by atoms with E-state index >= 15 is 0 Å². The monoisotopic (exact) mass is 355 g/mol. The minimum Gasteiger partial charge on any atom is -0.357 e. The second-order valence-corrected chi connectivity index (χ2v) is 8.20. The standard InChI is InChI=1S/C14H21N5O4S/c1-9(20)19-11(14(21)15-2)4-10-5-18(6-12(10)19)24(22,23)13-7-17(3)8-16-13/h7-8,10-12H,4-6H2,1-3H3,(H,15,21)/t10-,11-,12+/m0/s1. The molecule has 24 heavy (non-hydrogen) atoms. The van der Waals surface area contributed by atoms with Crippen molar-refractivity contribution < 1.29 is 18.0 Å². The molecule has 2 amide bonds. The number of hydrogen-bond acceptors (Lipinski definition) is 5. The van der Waals surface area contributed by atoms with Gasteiger partial charge in [-0.2, -0.15) is 4.31 Å². The molecule has 3 atom stereocenters. The van der Waals surface area contributed by atoms with Gasteiger partial charge in [0.25, 0.3) is 10.0 Å². The van der Waals surface area contributed by atoms with Gasteiger partial charge >= 0.3 is 0 Å². The normalized spacial score (nSPS) is 27.3. The van der Waals surface area contributed by atoms with E-state index < -0.39 is 16.1 Å². The third-order valence-corrected chi connectivity index (χ3v) is 6.51. The van der Waals surface area contributed by atoms with Crippen LogP contribution in [0.2, 0.25) is 0 Å². The highest BCUT2D eigenvalue weighted by Gasteiger charge is 2.52. The fourth-order valence-electron chi connectivity index (χ4n) is 3.70. The van der Waals surface area contributed by atoms with Crippen molar-refractivity contribution in [2.24, 2.45) is 13.0 Å². The van der Waals surface area contributed by atoms with Crippen molar-refractivity contribution in [3.63, 3.8) is 0 Å². The van der Waals surface area contributed by atoms with Crippen LogP contribution in [0.25, 0.3) is 0 Å². The molecule has 0 unspecified atom stereocenters. The number of likely N-dealkylation sites (tertiary alicyclic amines) is 1. The minimum atomic E-state index is -3.69. The van der Waals surface area contributed by atoms with Crippen molar-refractivity contribution in [1.29, 1.82) is 0 Å². The summed E-state index contributed by atoms with van der Waals surface area (Å²) in [5, 5.41) is 2.58. The van der Waals surface area contributed by atoms with Crippen molar-refractivity contribution in [2.45, 2.75) is 30.5 Å². The molecule has 1 N–H and O–H groups in total. The number of aromatic nitrogens is 2. The van der Waals surface area contributed by atoms with Crippen LogP contribution in [0.1, 0.15) is 13.3 Å². The third-order valence-electron chi connectivity index (χ3n) is 4.79. The van der Waals surface area contributed by atoms with Gasteiger partial charge in [-0.3, -0.25) is 9.59 Å². The van der Waals surface area contributed by atoms with E-state index in [-0.39, 0.29) is 35.3 Å². The largest absolute Gasteiger partial charge is 0.357 e. The molecule has 2 fully saturated rings. The van der Waals surface area contributed by atoms with Crippen LogP contribution >= 0.6 is 0 Å². The summed E-state index contributed by atoms with van der Waals surface area (Å²) in [5.41, 5.74) is 0. The minimum absolute atomic E-state index is 0.00204. The maximum Gasteiger partial charge on any atom is 0.262 e. The molecule has 0 saturated carbocycles. The molecule has 1 aromatic rings. The first-order valence-electron chi connectivity index (χ1n) is 7.74. The Labute approximate surface area is 140 Å². The highest BCUT2D eigenvalue weighted by molar-refractivity contribution is 7.89. The summed E-state index contributed by atoms with van der Waals surface area (Å²) < 4.78 is 28.3. The Morgan fingerprint density at radius 3 is 2.58 bits per heavy atom. The van der Waals surface area contributed by atoms with Crippen LogP contribution in [0, 0.1) is 5.92 Å². The van der Waals surface area contributed by atoms with E-state index in [4.69, 9.17) is 0 Å². The lowest BCUT2D eigenvalue weighted by molar-refractivity contribution is -0.138. The molecule has 3 rings (SSSR count). The SMILES string of the molecule is CNC(=O)[C@@H]1C[C@H]2CN(S(=O)(=O)c3cn(C)cn3)C[C@H]2N1C(C)=O. The molecule has 1 aromatic heterocycles. The van der Waals surface area contributed by atoms with Crippen LogP contribution in [0.5, 0.6) is 0 Å². The van der Waals surface area contributed by atoms with Gasteiger partial charge in [-0.15, -0.1) is 0 Å². The number of imidazole rings is 1. The highest BCUT2D eigenvalue weighted by Crippen LogP contribution is 2.37. The van der Waals surface area contributed by atoms with E-state index in [1.807, 2.05) is 0 Å². The van der Waals surface area contributed by atoms with Gasteiger partial charge in [-0.1, -0.05) is 0 Å². The van der Waals surface area contributed by atoms with Crippen molar-refractivity contribution in [3.8, 4) is 0 Å². The van der Waals surface area contributed by atoms with E-state index in [9.17, 15) is 18.0 Å². The first-order chi connectivity index (χ1) is 11.3. The van der Waals surface area contributed by atoms with Crippen LogP contribution in [0.15, 0.2) is 17.6 Å². The number of aryl methyl sites for hydroxylation is 1. The van der Waals surface area contributed by atoms with Gasteiger partial charge in [0, 0.05) is 40.3 Å². The lowest BCUT2D eigenvalue weighted by Gasteiger charge is -2.28. The number of likely N-dealkylation sites (N-methyl/N-ethyl adjacent to an activating group) is 1. The molecule has 2 aliphatic rings. The summed E-state index contributed by atoms with van der Waals surface area (Å²) in [6, 6.07) is -0.800. The zero-order chi connectivity index (χ0) is 17.6. The van der Waals surface area contributed by atoms with Crippen LogP contribution in [0.4, 0.5) is 0 Å². The predicted octanol–water partition coefficient (Wildman–Crippen LogP) is -1.22. The number of nitrogens with zero attached hydrogens (tertiary/aromatic N) is 4. The first kappa shape index (κ1) is 16.9. The summed E-state index contributed by atoms with van der Waals surface area (Å²) >= 11 is 0. The second-order valence-electron chi connectivity index (χ2n) is 6.32. The van der Waals surface area contributed by atoms with Crippen molar-refractivity contribution >= 4 is 21.8 Å². The van der Waals surface area contributed by atoms with Crippen LogP contribution in [-0.2, 0) is 26.7 Å². The van der Waals surface area contributed by atoms with E-state index in [0.717, 1.165) is 0 Å². The van der Waals surface area contributed by atoms with E-state index in [0.29, 0.717) is 13.0 Å². The Hall–Kier alpha value is -1.94. The Morgan fingerprint density at radius 2 is 2.04 bits per heavy atom. The molecule has 2 saturated heterocycles. The molecular weight excluding hydrogens is 334 g/mol. The van der Waals surface area contributed by atoms with Gasteiger partial charge in [-0.25, -0.2) is 13.4 Å². The smallest absolute Gasteiger partial charge is 0.262 e. The number of carbonyl (C=O) groups excluding carboxylic acids is 2. The van der Waals surface area contributed by atoms with Crippen LogP contribution < -0.4 is 5.32 Å². The summed E-state index contributed by atoms with van der Waals surface area (Å²) in [6.45, 7) is 1.89. The van der Waals surface area contributed by atoms with E-state index in [1.165, 1.54) is 35.7 Å². The zero-order valence-electron chi connectivity index (χ0n) is 13.8. The van der Waals surface area contributed by atoms with Crippen LogP contribution in [0.3, 0.4) is 0 Å². The Bertz CT molecular complexity index is 774. The number of sulfonamides is 1. The molecule has 10 heteroatoms. The molecule has 132 valence electrons. The maximum absolute atomic E-state index is 12.7. The van der Waals surface area contributed by atoms with Crippen molar-refractivity contribution in [1.82, 2.24) is 24.1 Å². The topological polar surface area (TPSA) is 105 Å². The summed E-state index contributed by atoms with van der Waals surface area (Å²) in [5.74, 6) is -0.471. The lowest BCUT2D eigenvalue weighted by atomic mass is 10.0. The van der Waals surface area contributed by atoms with Gasteiger partial charge in [0.15, 0.2) is 5.03 Å². The van der Waals surface area contributed by atoms with Gasteiger partial charge in [0.05, 0.1) is 12.4 Å². The van der Waals surface area contributed by atoms with Gasteiger partial charge < -0.3 is 14.8 Å². The Balaban J connectivity index is 1.83. The average Bonchev–Trinajstić information content (AvgIpc) is 3.18. The molecule has 0 aromatic carbocycles. The molecule has 3 heterocycles. The molecular formula is C14H21N5O4S. The van der Waals surface area contributed by atoms with Gasteiger partial charge in [0.1, 0.15) is 6.04 Å². The fourth-order valence-corrected chi connectivity index (χ4v) is 5.18. The van der Waals surface area contributed by atoms with Gasteiger partial charge in [0.2, 0.25) is 11.8 Å². The number of hydrogen-bond donors (Lipinski definition) is 1. The Morgan fingerprint density at radius 1 is 1.33 bits per heavy atom. The lowest BCUT2D eigenvalue weighted by Crippen LogP contribution is -2.49. The molecule has 2 aliphatic heterocycles. The summed E-state index contributed by atoms with van der Waals surface area (Å²) in [6.07, 6.45) is 3.37. The number of carbonyl (C=O) groups is 2. The molecule has 0 spiro atoms. The van der Waals surface area contributed by atoms with Crippen LogP contribution in [-0.4, -0.2) is 71.2 Å². The second kappa shape index (κ2) is 5.85. The predicted molar refractivity (Wildman–Crippen MR) is 84.2 cm³/mol. The summed E-state index contributed by atoms with van der Waals surface area (Å²) in [4.78, 5) is 29.5. The van der Waals surface area contributed by atoms with E-state index in [1.54, 1.807) is 11.6 Å². The molecule has 9 nitrogen and oxygen atoms in total. The van der Waals surface area contributed by atoms with E-state index in [2.05, 4.69) is 10.3 Å². The van der Waals surface area contributed by atoms with Crippen molar-refractivity contribution in [2.75, 3.05) is 20.1 Å². The highest BCUT2D eigenvalue weighted by atomic mass is 32.2. The molecule has 0 radical (unpaired) electrons. The summed E-state index contributed by atoms with van der Waals surface area (Å²) in [7, 11) is -0.451. The quantitative estimate of drug-likeness (QED) is 0.731.